The summed E-state index contributed by atoms with van der Waals surface area (Å²) in [6, 6.07) is 15.0. The van der Waals surface area contributed by atoms with Crippen LogP contribution in [-0.4, -0.2) is 34.7 Å². The van der Waals surface area contributed by atoms with Crippen LogP contribution in [0.25, 0.3) is 11.4 Å². The average molecular weight is 393 g/mol. The van der Waals surface area contributed by atoms with Gasteiger partial charge in [-0.25, -0.2) is 0 Å². The van der Waals surface area contributed by atoms with Gasteiger partial charge in [-0.15, -0.1) is 0 Å². The number of amides is 1. The molecule has 1 atom stereocenters. The highest BCUT2D eigenvalue weighted by atomic mass is 16.5. The number of carbonyl (C=O) groups is 1. The number of nitrogens with zero attached hydrogens (tertiary/aromatic N) is 3. The Morgan fingerprint density at radius 1 is 1.17 bits per heavy atom. The second-order valence-electron chi connectivity index (χ2n) is 6.81. The van der Waals surface area contributed by atoms with E-state index in [2.05, 4.69) is 10.1 Å². The zero-order chi connectivity index (χ0) is 20.2. The molecule has 1 aliphatic heterocycles. The van der Waals surface area contributed by atoms with Crippen LogP contribution in [0.2, 0.25) is 0 Å². The van der Waals surface area contributed by atoms with Crippen molar-refractivity contribution in [3.05, 3.63) is 60.0 Å². The molecule has 2 heterocycles. The number of ether oxygens (including phenoxy) is 2. The van der Waals surface area contributed by atoms with Crippen molar-refractivity contribution in [1.82, 2.24) is 15.0 Å². The molecule has 7 heteroatoms. The number of rotatable bonds is 7. The van der Waals surface area contributed by atoms with E-state index in [-0.39, 0.29) is 11.9 Å². The Morgan fingerprint density at radius 3 is 2.72 bits per heavy atom. The van der Waals surface area contributed by atoms with Crippen LogP contribution in [0.1, 0.15) is 37.3 Å². The predicted octanol–water partition coefficient (Wildman–Crippen LogP) is 4.01. The molecule has 1 unspecified atom stereocenters. The zero-order valence-electron chi connectivity index (χ0n) is 16.5. The van der Waals surface area contributed by atoms with Gasteiger partial charge in [-0.2, -0.15) is 4.98 Å². The summed E-state index contributed by atoms with van der Waals surface area (Å²) in [5, 5.41) is 4.14. The Kier molecular flexibility index (Phi) is 5.46. The minimum atomic E-state index is -0.231. The Morgan fingerprint density at radius 2 is 1.97 bits per heavy atom. The van der Waals surface area contributed by atoms with Crippen LogP contribution in [0.4, 0.5) is 0 Å². The lowest BCUT2D eigenvalue weighted by atomic mass is 10.1. The van der Waals surface area contributed by atoms with Crippen molar-refractivity contribution < 1.29 is 18.8 Å². The summed E-state index contributed by atoms with van der Waals surface area (Å²) in [5.41, 5.74) is 1.79. The minimum Gasteiger partial charge on any atom is -0.497 e. The largest absolute Gasteiger partial charge is 0.497 e. The van der Waals surface area contributed by atoms with E-state index in [1.54, 1.807) is 12.0 Å². The number of hydrogen-bond donors (Lipinski definition) is 0. The number of hydrogen-bond acceptors (Lipinski definition) is 6. The van der Waals surface area contributed by atoms with E-state index in [4.69, 9.17) is 14.0 Å². The average Bonchev–Trinajstić information content (AvgIpc) is 3.37. The van der Waals surface area contributed by atoms with Crippen molar-refractivity contribution in [2.45, 2.75) is 32.4 Å². The van der Waals surface area contributed by atoms with E-state index < -0.39 is 0 Å². The normalized spacial score (nSPS) is 16.3. The van der Waals surface area contributed by atoms with Gasteiger partial charge in [-0.3, -0.25) is 4.79 Å². The van der Waals surface area contributed by atoms with Gasteiger partial charge in [0.1, 0.15) is 17.5 Å². The van der Waals surface area contributed by atoms with Gasteiger partial charge in [0, 0.05) is 13.0 Å². The molecular weight excluding hydrogens is 370 g/mol. The van der Waals surface area contributed by atoms with Crippen molar-refractivity contribution >= 4 is 5.91 Å². The number of benzene rings is 2. The molecule has 4 rings (SSSR count). The minimum absolute atomic E-state index is 0.0836. The fourth-order valence-electron chi connectivity index (χ4n) is 3.53. The van der Waals surface area contributed by atoms with E-state index in [1.165, 1.54) is 0 Å². The molecule has 1 amide bonds. The van der Waals surface area contributed by atoms with Gasteiger partial charge in [0.2, 0.25) is 17.6 Å². The standard InChI is InChI=1S/C22H23N3O4/c1-3-28-19-7-5-4-6-17(19)21-23-22(29-24-21)18-12-13-20(26)25(18)14-15-8-10-16(27-2)11-9-15/h4-11,18H,3,12-14H2,1-2H3. The molecule has 0 spiro atoms. The van der Waals surface area contributed by atoms with Crippen molar-refractivity contribution in [1.29, 1.82) is 0 Å². The maximum atomic E-state index is 12.5. The topological polar surface area (TPSA) is 77.7 Å². The second kappa shape index (κ2) is 8.34. The lowest BCUT2D eigenvalue weighted by molar-refractivity contribution is -0.129. The monoisotopic (exact) mass is 393 g/mol. The molecule has 0 N–H and O–H groups in total. The highest BCUT2D eigenvalue weighted by Crippen LogP contribution is 2.35. The van der Waals surface area contributed by atoms with Crippen LogP contribution in [0.3, 0.4) is 0 Å². The van der Waals surface area contributed by atoms with Crippen molar-refractivity contribution in [3.63, 3.8) is 0 Å². The smallest absolute Gasteiger partial charge is 0.249 e. The van der Waals surface area contributed by atoms with Crippen molar-refractivity contribution in [2.75, 3.05) is 13.7 Å². The Balaban J connectivity index is 1.57. The summed E-state index contributed by atoms with van der Waals surface area (Å²) < 4.78 is 16.4. The van der Waals surface area contributed by atoms with Crippen molar-refractivity contribution in [3.8, 4) is 22.9 Å². The van der Waals surface area contributed by atoms with Crippen molar-refractivity contribution in [2.24, 2.45) is 0 Å². The first kappa shape index (κ1) is 19.0. The van der Waals surface area contributed by atoms with E-state index >= 15 is 0 Å². The number of likely N-dealkylation sites (tertiary alicyclic amines) is 1. The lowest BCUT2D eigenvalue weighted by Crippen LogP contribution is -2.27. The quantitative estimate of drug-likeness (QED) is 0.604. The molecule has 0 aliphatic carbocycles. The van der Waals surface area contributed by atoms with Gasteiger partial charge in [0.15, 0.2) is 0 Å². The zero-order valence-corrected chi connectivity index (χ0v) is 16.5. The Labute approximate surface area is 169 Å². The molecule has 3 aromatic rings. The number of aromatic nitrogens is 2. The predicted molar refractivity (Wildman–Crippen MR) is 106 cm³/mol. The highest BCUT2D eigenvalue weighted by molar-refractivity contribution is 5.79. The summed E-state index contributed by atoms with van der Waals surface area (Å²) in [6.45, 7) is 2.97. The number of para-hydroxylation sites is 1. The second-order valence-corrected chi connectivity index (χ2v) is 6.81. The molecule has 2 aromatic carbocycles. The molecule has 1 fully saturated rings. The lowest BCUT2D eigenvalue weighted by Gasteiger charge is -2.22. The van der Waals surface area contributed by atoms with Gasteiger partial charge in [0.25, 0.3) is 0 Å². The fourth-order valence-corrected chi connectivity index (χ4v) is 3.53. The van der Waals surface area contributed by atoms with E-state index in [0.29, 0.717) is 43.5 Å². The maximum absolute atomic E-state index is 12.5. The van der Waals surface area contributed by atoms with Gasteiger partial charge in [-0.1, -0.05) is 29.4 Å². The first-order valence-electron chi connectivity index (χ1n) is 9.67. The number of methoxy groups -OCH3 is 1. The van der Waals surface area contributed by atoms with Gasteiger partial charge < -0.3 is 18.9 Å². The fraction of sp³-hybridized carbons (Fsp3) is 0.318. The van der Waals surface area contributed by atoms with E-state index in [0.717, 1.165) is 16.9 Å². The van der Waals surface area contributed by atoms with E-state index in [1.807, 2.05) is 55.5 Å². The maximum Gasteiger partial charge on any atom is 0.249 e. The highest BCUT2D eigenvalue weighted by Gasteiger charge is 2.36. The van der Waals surface area contributed by atoms with Gasteiger partial charge in [0.05, 0.1) is 19.3 Å². The van der Waals surface area contributed by atoms with Gasteiger partial charge >= 0.3 is 0 Å². The molecule has 0 saturated carbocycles. The van der Waals surface area contributed by atoms with Crippen LogP contribution in [-0.2, 0) is 11.3 Å². The van der Waals surface area contributed by atoms with Crippen LogP contribution in [0.5, 0.6) is 11.5 Å². The van der Waals surface area contributed by atoms with Crippen LogP contribution >= 0.6 is 0 Å². The summed E-state index contributed by atoms with van der Waals surface area (Å²) in [5.74, 6) is 2.49. The van der Waals surface area contributed by atoms with E-state index in [9.17, 15) is 4.79 Å². The molecule has 29 heavy (non-hydrogen) atoms. The first-order chi connectivity index (χ1) is 14.2. The Bertz CT molecular complexity index is 984. The molecule has 1 aromatic heterocycles. The van der Waals surface area contributed by atoms with Crippen LogP contribution in [0.15, 0.2) is 53.1 Å². The molecule has 0 bridgehead atoms. The third-order valence-electron chi connectivity index (χ3n) is 4.99. The molecule has 7 nitrogen and oxygen atoms in total. The SMILES string of the molecule is CCOc1ccccc1-c1noc(C2CCC(=O)N2Cc2ccc(OC)cc2)n1. The molecule has 0 radical (unpaired) electrons. The van der Waals surface area contributed by atoms with Gasteiger partial charge in [-0.05, 0) is 43.2 Å². The van der Waals surface area contributed by atoms with Crippen LogP contribution in [0, 0.1) is 0 Å². The molecule has 1 aliphatic rings. The number of carbonyl (C=O) groups excluding carboxylic acids is 1. The molecular formula is C22H23N3O4. The summed E-state index contributed by atoms with van der Waals surface area (Å²) in [6.07, 6.45) is 1.12. The van der Waals surface area contributed by atoms with Crippen LogP contribution < -0.4 is 9.47 Å². The summed E-state index contributed by atoms with van der Waals surface area (Å²) in [4.78, 5) is 18.9. The molecule has 150 valence electrons. The third kappa shape index (κ3) is 3.94. The summed E-state index contributed by atoms with van der Waals surface area (Å²) >= 11 is 0. The first-order valence-corrected chi connectivity index (χ1v) is 9.67. The third-order valence-corrected chi connectivity index (χ3v) is 4.99. The Hall–Kier alpha value is -3.35. The molecule has 1 saturated heterocycles. The summed E-state index contributed by atoms with van der Waals surface area (Å²) in [7, 11) is 1.63.